The minimum atomic E-state index is -0.693. The van der Waals surface area contributed by atoms with Crippen LogP contribution in [-0.4, -0.2) is 21.8 Å². The molecule has 0 atom stereocenters. The van der Waals surface area contributed by atoms with Crippen molar-refractivity contribution < 1.29 is 9.90 Å². The Balaban J connectivity index is 0.000000350. The fraction of sp³-hybridized carbons (Fsp3) is 0.314. The molecule has 0 radical (unpaired) electrons. The lowest BCUT2D eigenvalue weighted by molar-refractivity contribution is -0.138. The molecular formula is C35H38ClNO2S. The molecule has 0 aliphatic heterocycles. The van der Waals surface area contributed by atoms with Crippen LogP contribution in [0.25, 0.3) is 23.1 Å². The molecule has 0 amide bonds. The highest BCUT2D eigenvalue weighted by molar-refractivity contribution is 7.80. The average molecular weight is 572 g/mol. The summed E-state index contributed by atoms with van der Waals surface area (Å²) in [6, 6.07) is 27.6. The Bertz CT molecular complexity index is 1480. The van der Waals surface area contributed by atoms with E-state index < -0.39 is 5.97 Å². The molecule has 0 unspecified atom stereocenters. The summed E-state index contributed by atoms with van der Waals surface area (Å²) in [6.45, 7) is 4.54. The number of carboxylic acid groups (broad SMARTS) is 1. The maximum atomic E-state index is 10.2. The number of nitrogens with zero attached hydrogens (tertiary/aromatic N) is 1. The average Bonchev–Trinajstić information content (AvgIpc) is 3.71. The fourth-order valence-corrected chi connectivity index (χ4v) is 5.52. The van der Waals surface area contributed by atoms with Crippen LogP contribution in [0.15, 0.2) is 78.9 Å². The summed E-state index contributed by atoms with van der Waals surface area (Å²) in [6.07, 6.45) is 9.96. The third-order valence-electron chi connectivity index (χ3n) is 7.48. The standard InChI is InChI=1S/C29H28ClN.C6H10O2S/c1-21(2)28-12-4-3-10-24(28)11-6-9-22-7-5-8-23(19-22)13-17-27-18-15-25-14-16-26(30)20-29(25)31-27;7-5(8)3-6(4-9)1-2-6/h3-5,7-8,10,12-21H,6,9,11H2,1-2H3;9H,1-4H2,(H,7,8)/b17-13+;. The van der Waals surface area contributed by atoms with Gasteiger partial charge in [-0.2, -0.15) is 12.6 Å². The summed E-state index contributed by atoms with van der Waals surface area (Å²) < 4.78 is 0. The third-order valence-corrected chi connectivity index (χ3v) is 8.39. The second-order valence-corrected chi connectivity index (χ2v) is 11.8. The highest BCUT2D eigenvalue weighted by Crippen LogP contribution is 2.49. The SMILES string of the molecule is CC(C)c1ccccc1CCCc1cccc(/C=C/c2ccc3ccc(Cl)cc3n2)c1.O=C(O)CC1(CS)CC1. The molecule has 1 heterocycles. The molecule has 0 spiro atoms. The number of fused-ring (bicyclic) bond motifs is 1. The zero-order chi connectivity index (χ0) is 28.5. The number of aromatic nitrogens is 1. The van der Waals surface area contributed by atoms with E-state index in [1.165, 1.54) is 22.3 Å². The summed E-state index contributed by atoms with van der Waals surface area (Å²) in [5.74, 6) is 0.602. The van der Waals surface area contributed by atoms with Gasteiger partial charge in [-0.25, -0.2) is 4.98 Å². The fourth-order valence-electron chi connectivity index (χ4n) is 4.93. The molecule has 5 heteroatoms. The number of hydrogen-bond acceptors (Lipinski definition) is 3. The van der Waals surface area contributed by atoms with Crippen molar-refractivity contribution >= 4 is 53.3 Å². The van der Waals surface area contributed by atoms with Crippen molar-refractivity contribution in [3.63, 3.8) is 0 Å². The molecule has 5 rings (SSSR count). The second kappa shape index (κ2) is 14.0. The van der Waals surface area contributed by atoms with Crippen LogP contribution >= 0.6 is 24.2 Å². The largest absolute Gasteiger partial charge is 0.481 e. The quantitative estimate of drug-likeness (QED) is 0.186. The molecule has 0 bridgehead atoms. The highest BCUT2D eigenvalue weighted by Gasteiger charge is 2.42. The molecule has 3 nitrogen and oxygen atoms in total. The Hall–Kier alpha value is -3.08. The van der Waals surface area contributed by atoms with E-state index in [1.54, 1.807) is 0 Å². The summed E-state index contributed by atoms with van der Waals surface area (Å²) in [5, 5.41) is 10.2. The molecule has 4 aromatic rings. The van der Waals surface area contributed by atoms with E-state index in [-0.39, 0.29) is 5.41 Å². The topological polar surface area (TPSA) is 50.2 Å². The van der Waals surface area contributed by atoms with Crippen LogP contribution in [0.5, 0.6) is 0 Å². The first-order valence-electron chi connectivity index (χ1n) is 14.0. The predicted octanol–water partition coefficient (Wildman–Crippen LogP) is 9.53. The van der Waals surface area contributed by atoms with Gasteiger partial charge in [0.1, 0.15) is 0 Å². The Kier molecular flexibility index (Phi) is 10.5. The van der Waals surface area contributed by atoms with Crippen LogP contribution in [0.4, 0.5) is 0 Å². The van der Waals surface area contributed by atoms with E-state index in [0.29, 0.717) is 17.4 Å². The molecule has 3 aromatic carbocycles. The van der Waals surface area contributed by atoms with Crippen molar-refractivity contribution in [2.75, 3.05) is 5.75 Å². The van der Waals surface area contributed by atoms with Gasteiger partial charge in [0, 0.05) is 10.4 Å². The van der Waals surface area contributed by atoms with Gasteiger partial charge in [0.15, 0.2) is 0 Å². The van der Waals surface area contributed by atoms with E-state index in [1.807, 2.05) is 24.3 Å². The van der Waals surface area contributed by atoms with Crippen LogP contribution in [0.1, 0.15) is 73.4 Å². The first kappa shape index (κ1) is 29.9. The van der Waals surface area contributed by atoms with Gasteiger partial charge >= 0.3 is 5.97 Å². The normalized spacial score (nSPS) is 13.8. The zero-order valence-corrected chi connectivity index (χ0v) is 25.0. The van der Waals surface area contributed by atoms with Gasteiger partial charge in [0.2, 0.25) is 0 Å². The van der Waals surface area contributed by atoms with Gasteiger partial charge in [-0.05, 0) is 95.7 Å². The van der Waals surface area contributed by atoms with Crippen LogP contribution in [0, 0.1) is 5.41 Å². The van der Waals surface area contributed by atoms with Crippen LogP contribution in [0.3, 0.4) is 0 Å². The van der Waals surface area contributed by atoms with E-state index in [9.17, 15) is 4.79 Å². The van der Waals surface area contributed by atoms with Gasteiger partial charge in [-0.15, -0.1) is 0 Å². The first-order chi connectivity index (χ1) is 19.3. The molecule has 208 valence electrons. The summed E-state index contributed by atoms with van der Waals surface area (Å²) in [4.78, 5) is 14.9. The maximum Gasteiger partial charge on any atom is 0.303 e. The van der Waals surface area contributed by atoms with Crippen LogP contribution < -0.4 is 0 Å². The van der Waals surface area contributed by atoms with Gasteiger partial charge in [0.25, 0.3) is 0 Å². The zero-order valence-electron chi connectivity index (χ0n) is 23.3. The monoisotopic (exact) mass is 571 g/mol. The second-order valence-electron chi connectivity index (χ2n) is 11.1. The molecule has 1 aliphatic rings. The van der Waals surface area contributed by atoms with Crippen molar-refractivity contribution in [2.24, 2.45) is 5.41 Å². The van der Waals surface area contributed by atoms with Crippen LogP contribution in [0.2, 0.25) is 5.02 Å². The van der Waals surface area contributed by atoms with Gasteiger partial charge in [-0.3, -0.25) is 4.79 Å². The molecular weight excluding hydrogens is 534 g/mol. The summed E-state index contributed by atoms with van der Waals surface area (Å²) >= 11 is 10.2. The number of aliphatic carboxylic acids is 1. The van der Waals surface area contributed by atoms with Crippen molar-refractivity contribution in [3.05, 3.63) is 112 Å². The number of carboxylic acids is 1. The number of thiol groups is 1. The first-order valence-corrected chi connectivity index (χ1v) is 15.0. The summed E-state index contributed by atoms with van der Waals surface area (Å²) in [5.41, 5.74) is 7.47. The van der Waals surface area contributed by atoms with E-state index in [2.05, 4.69) is 93.2 Å². The lowest BCUT2D eigenvalue weighted by Gasteiger charge is -2.12. The minimum Gasteiger partial charge on any atom is -0.481 e. The number of halogens is 1. The summed E-state index contributed by atoms with van der Waals surface area (Å²) in [7, 11) is 0. The number of carbonyl (C=O) groups is 1. The molecule has 1 fully saturated rings. The maximum absolute atomic E-state index is 10.2. The lowest BCUT2D eigenvalue weighted by atomic mass is 9.93. The number of pyridine rings is 1. The van der Waals surface area contributed by atoms with Crippen LogP contribution in [-0.2, 0) is 17.6 Å². The Morgan fingerprint density at radius 3 is 2.48 bits per heavy atom. The predicted molar refractivity (Wildman–Crippen MR) is 172 cm³/mol. The molecule has 1 saturated carbocycles. The molecule has 1 N–H and O–H groups in total. The Morgan fingerprint density at radius 2 is 1.77 bits per heavy atom. The van der Waals surface area contributed by atoms with Crippen molar-refractivity contribution in [2.45, 2.75) is 58.3 Å². The molecule has 40 heavy (non-hydrogen) atoms. The van der Waals surface area contributed by atoms with Gasteiger partial charge < -0.3 is 5.11 Å². The molecule has 1 aliphatic carbocycles. The third kappa shape index (κ3) is 8.71. The van der Waals surface area contributed by atoms with Crippen molar-refractivity contribution in [1.82, 2.24) is 4.98 Å². The number of rotatable bonds is 10. The number of hydrogen-bond donors (Lipinski definition) is 2. The number of benzene rings is 3. The van der Waals surface area contributed by atoms with Gasteiger partial charge in [-0.1, -0.05) is 92.2 Å². The van der Waals surface area contributed by atoms with Gasteiger partial charge in [0.05, 0.1) is 17.6 Å². The Labute approximate surface area is 248 Å². The van der Waals surface area contributed by atoms with Crippen molar-refractivity contribution in [1.29, 1.82) is 0 Å². The molecule has 0 saturated heterocycles. The van der Waals surface area contributed by atoms with E-state index >= 15 is 0 Å². The smallest absolute Gasteiger partial charge is 0.303 e. The lowest BCUT2D eigenvalue weighted by Crippen LogP contribution is -2.09. The molecule has 1 aromatic heterocycles. The highest BCUT2D eigenvalue weighted by atomic mass is 35.5. The van der Waals surface area contributed by atoms with E-state index in [0.717, 1.165) is 54.5 Å². The van der Waals surface area contributed by atoms with Crippen molar-refractivity contribution in [3.8, 4) is 0 Å². The number of aryl methyl sites for hydroxylation is 2. The van der Waals surface area contributed by atoms with E-state index in [4.69, 9.17) is 21.7 Å². The minimum absolute atomic E-state index is 0.0783. The Morgan fingerprint density at radius 1 is 1.00 bits per heavy atom.